The van der Waals surface area contributed by atoms with Gasteiger partial charge in [-0.25, -0.2) is 0 Å². The maximum atomic E-state index is 15.7. The molecule has 6 rings (SSSR count). The van der Waals surface area contributed by atoms with E-state index in [1.165, 1.54) is 0 Å². The van der Waals surface area contributed by atoms with Crippen molar-refractivity contribution in [3.8, 4) is 0 Å². The Balaban J connectivity index is 1.83. The highest BCUT2D eigenvalue weighted by Crippen LogP contribution is 2.46. The fourth-order valence-electron chi connectivity index (χ4n) is 10.0. The van der Waals surface area contributed by atoms with Crippen LogP contribution in [0.15, 0.2) is 48.5 Å². The monoisotopic (exact) mass is 766 g/mol. The molecule has 2 fully saturated rings. The lowest BCUT2D eigenvalue weighted by molar-refractivity contribution is -0.141. The third-order valence-corrected chi connectivity index (χ3v) is 12.1. The van der Waals surface area contributed by atoms with Crippen molar-refractivity contribution < 1.29 is 19.2 Å². The first kappa shape index (κ1) is 41.5. The summed E-state index contributed by atoms with van der Waals surface area (Å²) in [5.41, 5.74) is 11.0. The van der Waals surface area contributed by atoms with Crippen molar-refractivity contribution in [2.24, 2.45) is 10.8 Å². The van der Waals surface area contributed by atoms with Crippen LogP contribution in [0.2, 0.25) is 0 Å². The number of amides is 4. The van der Waals surface area contributed by atoms with Crippen LogP contribution in [0, 0.1) is 93.9 Å². The second-order valence-electron chi connectivity index (χ2n) is 18.2. The van der Waals surface area contributed by atoms with Crippen molar-refractivity contribution in [1.29, 1.82) is 0 Å². The standard InChI is InChI=1S/C48H59BN4O4/c1-26-17-30(5)38(31(6)18-26)50-25-49(53(45(57)47(13,14)42(50)54)41-36(11)23-29(4)24-37(41)12)46-51(39-32(7)19-27(2)20-33(39)8)43(55)48(15,16)44(56)52(46)40-34(9)21-28(3)22-35(40)10/h17-24,46H,25H2,1-16H3. The second-order valence-corrected chi connectivity index (χ2v) is 18.2. The molecule has 0 spiro atoms. The predicted octanol–water partition coefficient (Wildman–Crippen LogP) is 9.30. The Morgan fingerprint density at radius 2 is 0.702 bits per heavy atom. The Labute approximate surface area is 340 Å². The minimum atomic E-state index is -1.52. The number of rotatable bonds is 5. The van der Waals surface area contributed by atoms with Gasteiger partial charge in [0.15, 0.2) is 0 Å². The number of hydrogen-bond acceptors (Lipinski definition) is 4. The molecule has 9 heteroatoms. The molecule has 0 aliphatic carbocycles. The number of carbonyl (C=O) groups is 4. The minimum absolute atomic E-state index is 0.0120. The Morgan fingerprint density at radius 3 is 1.04 bits per heavy atom. The number of hydrogen-bond donors (Lipinski definition) is 0. The van der Waals surface area contributed by atoms with Crippen LogP contribution in [0.3, 0.4) is 0 Å². The molecule has 2 aliphatic heterocycles. The van der Waals surface area contributed by atoms with Gasteiger partial charge in [-0.1, -0.05) is 70.8 Å². The number of nitrogens with zero attached hydrogens (tertiary/aromatic N) is 4. The van der Waals surface area contributed by atoms with Gasteiger partial charge in [0, 0.05) is 17.8 Å². The average molecular weight is 767 g/mol. The van der Waals surface area contributed by atoms with E-state index < -0.39 is 29.6 Å². The van der Waals surface area contributed by atoms with Crippen molar-refractivity contribution >= 4 is 53.2 Å². The Hall–Kier alpha value is -5.18. The number of aryl methyl sites for hydroxylation is 12. The molecule has 2 saturated heterocycles. The summed E-state index contributed by atoms with van der Waals surface area (Å²) in [6, 6.07) is 15.4. The van der Waals surface area contributed by atoms with Gasteiger partial charge in [0.2, 0.25) is 23.6 Å². The summed E-state index contributed by atoms with van der Waals surface area (Å²) in [6.45, 7) is 30.0. The fourth-order valence-corrected chi connectivity index (χ4v) is 10.0. The first-order valence-corrected chi connectivity index (χ1v) is 20.1. The molecule has 0 unspecified atom stereocenters. The maximum absolute atomic E-state index is 15.7. The largest absolute Gasteiger partial charge is 0.350 e. The van der Waals surface area contributed by atoms with Crippen molar-refractivity contribution in [3.63, 3.8) is 0 Å². The van der Waals surface area contributed by atoms with Gasteiger partial charge in [-0.3, -0.25) is 29.0 Å². The van der Waals surface area contributed by atoms with Gasteiger partial charge in [-0.2, -0.15) is 0 Å². The molecule has 8 nitrogen and oxygen atoms in total. The zero-order valence-electron chi connectivity index (χ0n) is 36.9. The third kappa shape index (κ3) is 6.67. The van der Waals surface area contributed by atoms with Crippen molar-refractivity contribution in [3.05, 3.63) is 115 Å². The first-order chi connectivity index (χ1) is 26.4. The third-order valence-electron chi connectivity index (χ3n) is 12.1. The molecule has 4 aromatic rings. The minimum Gasteiger partial charge on any atom is -0.350 e. The average Bonchev–Trinajstić information content (AvgIpc) is 3.13. The summed E-state index contributed by atoms with van der Waals surface area (Å²) in [5.74, 6) is -1.45. The summed E-state index contributed by atoms with van der Waals surface area (Å²) < 4.78 is 0. The van der Waals surface area contributed by atoms with E-state index in [9.17, 15) is 0 Å². The molecule has 4 aromatic carbocycles. The van der Waals surface area contributed by atoms with Gasteiger partial charge >= 0.3 is 6.85 Å². The number of benzene rings is 4. The lowest BCUT2D eigenvalue weighted by Gasteiger charge is -2.53. The van der Waals surface area contributed by atoms with Crippen LogP contribution in [0.25, 0.3) is 0 Å². The zero-order chi connectivity index (χ0) is 42.4. The van der Waals surface area contributed by atoms with Gasteiger partial charge in [0.1, 0.15) is 16.9 Å². The Morgan fingerprint density at radius 1 is 0.421 bits per heavy atom. The smallest absolute Gasteiger partial charge is 0.332 e. The molecule has 0 radical (unpaired) electrons. The molecule has 298 valence electrons. The zero-order valence-corrected chi connectivity index (χ0v) is 36.9. The first-order valence-electron chi connectivity index (χ1n) is 20.1. The normalized spacial score (nSPS) is 17.6. The molecule has 57 heavy (non-hydrogen) atoms. The highest BCUT2D eigenvalue weighted by atomic mass is 16.2. The molecule has 0 atom stereocenters. The van der Waals surface area contributed by atoms with E-state index in [2.05, 4.69) is 48.5 Å². The molecular formula is C48H59BN4O4. The molecule has 4 amide bonds. The molecular weight excluding hydrogens is 707 g/mol. The SMILES string of the molecule is Cc1cc(C)c(N2CB(C3N(c4c(C)cc(C)cc4C)C(=O)C(C)(C)C(=O)N3c3c(C)cc(C)cc3C)N(c3c(C)cc(C)cc3C)C(=O)C(C)(C)C2=O)c(C)c1. The predicted molar refractivity (Wildman–Crippen MR) is 235 cm³/mol. The maximum Gasteiger partial charge on any atom is 0.332 e. The van der Waals surface area contributed by atoms with Gasteiger partial charge in [0.25, 0.3) is 0 Å². The van der Waals surface area contributed by atoms with Crippen LogP contribution in [-0.2, 0) is 19.2 Å². The molecule has 0 N–H and O–H groups in total. The van der Waals surface area contributed by atoms with Crippen molar-refractivity contribution in [2.45, 2.75) is 117 Å². The van der Waals surface area contributed by atoms with E-state index in [1.807, 2.05) is 83.1 Å². The van der Waals surface area contributed by atoms with E-state index in [4.69, 9.17) is 0 Å². The number of carbonyl (C=O) groups excluding carboxylic acids is 4. The topological polar surface area (TPSA) is 81.2 Å². The summed E-state index contributed by atoms with van der Waals surface area (Å²) in [4.78, 5) is 69.0. The fraction of sp³-hybridized carbons (Fsp3) is 0.417. The Kier molecular flexibility index (Phi) is 10.4. The second kappa shape index (κ2) is 14.3. The molecule has 2 heterocycles. The van der Waals surface area contributed by atoms with Gasteiger partial charge in [0.05, 0.1) is 11.4 Å². The van der Waals surface area contributed by atoms with E-state index in [-0.39, 0.29) is 24.2 Å². The molecule has 0 aromatic heterocycles. The molecule has 0 bridgehead atoms. The van der Waals surface area contributed by atoms with Crippen LogP contribution in [0.4, 0.5) is 22.7 Å². The van der Waals surface area contributed by atoms with Crippen LogP contribution in [0.5, 0.6) is 0 Å². The van der Waals surface area contributed by atoms with Crippen molar-refractivity contribution in [1.82, 2.24) is 0 Å². The van der Waals surface area contributed by atoms with Crippen LogP contribution < -0.4 is 19.5 Å². The summed E-state index contributed by atoms with van der Waals surface area (Å²) >= 11 is 0. The quantitative estimate of drug-likeness (QED) is 0.150. The van der Waals surface area contributed by atoms with E-state index in [1.54, 1.807) is 47.2 Å². The van der Waals surface area contributed by atoms with Crippen LogP contribution >= 0.6 is 0 Å². The van der Waals surface area contributed by atoms with E-state index in [0.29, 0.717) is 17.1 Å². The highest BCUT2D eigenvalue weighted by Gasteiger charge is 2.61. The number of anilines is 4. The summed E-state index contributed by atoms with van der Waals surface area (Å²) in [7, 11) is 0. The van der Waals surface area contributed by atoms with Gasteiger partial charge in [-0.15, -0.1) is 0 Å². The van der Waals surface area contributed by atoms with Gasteiger partial charge < -0.3 is 9.71 Å². The Bertz CT molecular complexity index is 2220. The van der Waals surface area contributed by atoms with Crippen molar-refractivity contribution in [2.75, 3.05) is 26.0 Å². The van der Waals surface area contributed by atoms with Crippen LogP contribution in [-0.4, -0.2) is 43.0 Å². The highest BCUT2D eigenvalue weighted by molar-refractivity contribution is 6.73. The molecule has 2 aliphatic rings. The summed E-state index contributed by atoms with van der Waals surface area (Å²) in [5, 5.41) is 0. The lowest BCUT2D eigenvalue weighted by atomic mass is 9.52. The van der Waals surface area contributed by atoms with E-state index in [0.717, 1.165) is 72.4 Å². The van der Waals surface area contributed by atoms with E-state index >= 15 is 19.2 Å². The lowest BCUT2D eigenvalue weighted by Crippen LogP contribution is -2.76. The van der Waals surface area contributed by atoms with Gasteiger partial charge in [-0.05, 0) is 155 Å². The molecule has 0 saturated carbocycles. The summed E-state index contributed by atoms with van der Waals surface area (Å²) in [6.07, 6.45) is 0.0120. The van der Waals surface area contributed by atoms with Crippen LogP contribution in [0.1, 0.15) is 94.5 Å².